The Morgan fingerprint density at radius 2 is 1.54 bits per heavy atom. The summed E-state index contributed by atoms with van der Waals surface area (Å²) in [4.78, 5) is 10.3. The van der Waals surface area contributed by atoms with Gasteiger partial charge in [-0.1, -0.05) is 30.3 Å². The van der Waals surface area contributed by atoms with Crippen molar-refractivity contribution in [2.45, 2.75) is 31.0 Å². The summed E-state index contributed by atoms with van der Waals surface area (Å²) in [6.45, 7) is 0.432. The third-order valence-electron chi connectivity index (χ3n) is 6.62. The average molecular weight is 547 g/mol. The Kier molecular flexibility index (Phi) is 6.75. The third kappa shape index (κ3) is 5.56. The molecule has 0 radical (unpaired) electrons. The van der Waals surface area contributed by atoms with Gasteiger partial charge >= 0.3 is 12.4 Å². The zero-order valence-electron chi connectivity index (χ0n) is 20.4. The van der Waals surface area contributed by atoms with Crippen molar-refractivity contribution in [3.63, 3.8) is 0 Å². The van der Waals surface area contributed by atoms with Crippen LogP contribution in [-0.4, -0.2) is 23.9 Å². The highest BCUT2D eigenvalue weighted by atomic mass is 19.4. The lowest BCUT2D eigenvalue weighted by atomic mass is 10.0. The molecule has 0 saturated heterocycles. The lowest BCUT2D eigenvalue weighted by molar-refractivity contribution is -0.138. The fraction of sp³-hybridized carbons (Fsp3) is 0.259. The Morgan fingerprint density at radius 1 is 0.846 bits per heavy atom. The fourth-order valence-electron chi connectivity index (χ4n) is 4.70. The summed E-state index contributed by atoms with van der Waals surface area (Å²) in [7, 11) is 0. The number of nitrogens with one attached hydrogen (secondary N) is 2. The van der Waals surface area contributed by atoms with Crippen molar-refractivity contribution in [1.29, 1.82) is 0 Å². The maximum Gasteiger partial charge on any atom is 0.419 e. The summed E-state index contributed by atoms with van der Waals surface area (Å²) in [5, 5.41) is 6.35. The molecule has 2 aliphatic heterocycles. The van der Waals surface area contributed by atoms with E-state index in [0.29, 0.717) is 34.8 Å². The zero-order chi connectivity index (χ0) is 27.8. The molecule has 39 heavy (non-hydrogen) atoms. The molecule has 5 rings (SSSR count). The molecule has 0 amide bonds. The Hall–Kier alpha value is -4.06. The van der Waals surface area contributed by atoms with Gasteiger partial charge in [0.15, 0.2) is 0 Å². The molecule has 3 heterocycles. The molecular formula is C27H24F6N6. The number of hydrogen-bond acceptors (Lipinski definition) is 6. The molecule has 1 unspecified atom stereocenters. The van der Waals surface area contributed by atoms with Crippen molar-refractivity contribution in [3.05, 3.63) is 101 Å². The number of amidine groups is 1. The second-order valence-corrected chi connectivity index (χ2v) is 9.23. The Morgan fingerprint density at radius 3 is 2.21 bits per heavy atom. The summed E-state index contributed by atoms with van der Waals surface area (Å²) in [6, 6.07) is 15.7. The smallest absolute Gasteiger partial charge is 0.355 e. The lowest BCUT2D eigenvalue weighted by Gasteiger charge is -2.35. The Bertz CT molecular complexity index is 1400. The number of anilines is 2. The van der Waals surface area contributed by atoms with Gasteiger partial charge in [-0.2, -0.15) is 26.3 Å². The van der Waals surface area contributed by atoms with Gasteiger partial charge in [-0.3, -0.25) is 5.73 Å². The Balaban J connectivity index is 1.48. The van der Waals surface area contributed by atoms with Crippen LogP contribution < -0.4 is 21.3 Å². The number of hydrogen-bond donors (Lipinski definition) is 3. The molecular weight excluding hydrogens is 522 g/mol. The first kappa shape index (κ1) is 26.5. The summed E-state index contributed by atoms with van der Waals surface area (Å²) in [5.41, 5.74) is 7.42. The molecule has 1 atom stereocenters. The van der Waals surface area contributed by atoms with E-state index in [1.807, 2.05) is 6.07 Å². The van der Waals surface area contributed by atoms with E-state index in [-0.39, 0.29) is 25.3 Å². The number of rotatable bonds is 3. The van der Waals surface area contributed by atoms with Crippen molar-refractivity contribution in [3.8, 4) is 0 Å². The summed E-state index contributed by atoms with van der Waals surface area (Å²) >= 11 is 0. The molecule has 2 aromatic carbocycles. The normalized spacial score (nSPS) is 20.1. The molecule has 0 spiro atoms. The van der Waals surface area contributed by atoms with Gasteiger partial charge in [0.25, 0.3) is 0 Å². The van der Waals surface area contributed by atoms with E-state index >= 15 is 0 Å². The van der Waals surface area contributed by atoms with Crippen molar-refractivity contribution in [2.24, 2.45) is 10.7 Å². The number of halogens is 6. The van der Waals surface area contributed by atoms with Crippen LogP contribution in [0.5, 0.6) is 0 Å². The minimum absolute atomic E-state index is 0.166. The van der Waals surface area contributed by atoms with Gasteiger partial charge in [-0.05, 0) is 42.8 Å². The summed E-state index contributed by atoms with van der Waals surface area (Å²) in [5.74, 6) is -1.25. The average Bonchev–Trinajstić information content (AvgIpc) is 3.11. The van der Waals surface area contributed by atoms with E-state index < -0.39 is 29.3 Å². The molecule has 1 aromatic heterocycles. The molecule has 3 aromatic rings. The highest BCUT2D eigenvalue weighted by Gasteiger charge is 2.38. The van der Waals surface area contributed by atoms with Crippen LogP contribution in [0.2, 0.25) is 0 Å². The Labute approximate surface area is 220 Å². The number of nitrogens with zero attached hydrogens (tertiary/aromatic N) is 3. The number of aliphatic imine (C=N–C) groups is 1. The molecule has 0 bridgehead atoms. The van der Waals surface area contributed by atoms with Gasteiger partial charge in [0.2, 0.25) is 5.79 Å². The highest BCUT2D eigenvalue weighted by molar-refractivity contribution is 6.09. The standard InChI is InChI=1S/C27H24F6N6/c28-25(29,30)17-8-10-19(11-9-17)36-23-20-12-15-39(24-21(26(31,32)33)7-4-14-35-24)16-13-22(20)37-27(34,38-23)18-5-2-1-3-6-18/h1-11,14,37H,12-13,15-16,34H2,(H,36,38). The molecule has 204 valence electrons. The van der Waals surface area contributed by atoms with E-state index in [0.717, 1.165) is 18.2 Å². The molecule has 4 N–H and O–H groups in total. The van der Waals surface area contributed by atoms with Crippen LogP contribution in [0.25, 0.3) is 0 Å². The first-order valence-corrected chi connectivity index (χ1v) is 12.1. The van der Waals surface area contributed by atoms with Crippen molar-refractivity contribution >= 4 is 17.3 Å². The van der Waals surface area contributed by atoms with E-state index in [1.54, 1.807) is 29.2 Å². The van der Waals surface area contributed by atoms with Crippen molar-refractivity contribution < 1.29 is 26.3 Å². The minimum Gasteiger partial charge on any atom is -0.355 e. The van der Waals surface area contributed by atoms with Crippen molar-refractivity contribution in [2.75, 3.05) is 23.3 Å². The van der Waals surface area contributed by atoms with E-state index in [9.17, 15) is 26.3 Å². The van der Waals surface area contributed by atoms with Crippen LogP contribution in [0.15, 0.2) is 89.2 Å². The molecule has 6 nitrogen and oxygen atoms in total. The number of nitrogens with two attached hydrogens (primary N) is 1. The van der Waals surface area contributed by atoms with Gasteiger partial charge < -0.3 is 15.5 Å². The monoisotopic (exact) mass is 546 g/mol. The van der Waals surface area contributed by atoms with E-state index in [1.165, 1.54) is 24.4 Å². The number of pyridine rings is 1. The largest absolute Gasteiger partial charge is 0.419 e. The van der Waals surface area contributed by atoms with Crippen LogP contribution in [-0.2, 0) is 18.1 Å². The molecule has 12 heteroatoms. The predicted molar refractivity (Wildman–Crippen MR) is 136 cm³/mol. The van der Waals surface area contributed by atoms with E-state index in [2.05, 4.69) is 15.6 Å². The lowest BCUT2D eigenvalue weighted by Crippen LogP contribution is -2.52. The first-order chi connectivity index (χ1) is 18.4. The molecule has 2 aliphatic rings. The van der Waals surface area contributed by atoms with Crippen LogP contribution >= 0.6 is 0 Å². The molecule has 0 aliphatic carbocycles. The SMILES string of the molecule is NC1(c2ccccc2)N=C(Nc2ccc(C(F)(F)F)cc2)C2=C(CCN(c3ncccc3C(F)(F)F)CC2)N1. The van der Waals surface area contributed by atoms with Gasteiger partial charge in [0.05, 0.1) is 11.1 Å². The fourth-order valence-corrected chi connectivity index (χ4v) is 4.70. The minimum atomic E-state index is -4.57. The summed E-state index contributed by atoms with van der Waals surface area (Å²) < 4.78 is 80.2. The van der Waals surface area contributed by atoms with Crippen molar-refractivity contribution in [1.82, 2.24) is 10.3 Å². The van der Waals surface area contributed by atoms with Crippen LogP contribution in [0.4, 0.5) is 37.8 Å². The van der Waals surface area contributed by atoms with Gasteiger partial charge in [0.1, 0.15) is 11.7 Å². The highest BCUT2D eigenvalue weighted by Crippen LogP contribution is 2.37. The predicted octanol–water partition coefficient (Wildman–Crippen LogP) is 5.86. The van der Waals surface area contributed by atoms with Crippen LogP contribution in [0.3, 0.4) is 0 Å². The van der Waals surface area contributed by atoms with E-state index in [4.69, 9.17) is 10.7 Å². The van der Waals surface area contributed by atoms with Gasteiger partial charge in [-0.25, -0.2) is 9.98 Å². The topological polar surface area (TPSA) is 78.6 Å². The maximum absolute atomic E-state index is 13.7. The molecule has 0 fully saturated rings. The second-order valence-electron chi connectivity index (χ2n) is 9.23. The third-order valence-corrected chi connectivity index (χ3v) is 6.62. The maximum atomic E-state index is 13.7. The molecule has 0 saturated carbocycles. The van der Waals surface area contributed by atoms with Crippen LogP contribution in [0.1, 0.15) is 29.5 Å². The van der Waals surface area contributed by atoms with Crippen LogP contribution in [0, 0.1) is 0 Å². The van der Waals surface area contributed by atoms with Gasteiger partial charge in [-0.15, -0.1) is 0 Å². The number of aromatic nitrogens is 1. The summed E-state index contributed by atoms with van der Waals surface area (Å²) in [6.07, 6.45) is -7.14. The second kappa shape index (κ2) is 9.92. The zero-order valence-corrected chi connectivity index (χ0v) is 20.4. The quantitative estimate of drug-likeness (QED) is 0.359. The van der Waals surface area contributed by atoms with Gasteiger partial charge in [0, 0.05) is 48.2 Å². The first-order valence-electron chi connectivity index (χ1n) is 12.1. The number of benzene rings is 2. The number of alkyl halides is 6.